The minimum absolute atomic E-state index is 0.0974. The van der Waals surface area contributed by atoms with Gasteiger partial charge in [-0.25, -0.2) is 4.39 Å². The molecule has 0 saturated heterocycles. The Kier molecular flexibility index (Phi) is 6.10. The zero-order valence-electron chi connectivity index (χ0n) is 12.8. The van der Waals surface area contributed by atoms with E-state index in [9.17, 15) is 14.4 Å². The van der Waals surface area contributed by atoms with Crippen LogP contribution in [0.1, 0.15) is 12.5 Å². The molecule has 0 spiro atoms. The molecular formula is C18H14BrFN2O2. The lowest BCUT2D eigenvalue weighted by atomic mass is 10.1. The molecule has 0 heterocycles. The van der Waals surface area contributed by atoms with Gasteiger partial charge in [0.25, 0.3) is 5.91 Å². The Morgan fingerprint density at radius 3 is 2.79 bits per heavy atom. The first-order chi connectivity index (χ1) is 11.5. The van der Waals surface area contributed by atoms with Crippen LogP contribution in [0.4, 0.5) is 10.1 Å². The van der Waals surface area contributed by atoms with E-state index >= 15 is 0 Å². The van der Waals surface area contributed by atoms with Crippen LogP contribution in [0.15, 0.2) is 52.5 Å². The van der Waals surface area contributed by atoms with Crippen molar-refractivity contribution in [3.63, 3.8) is 0 Å². The smallest absolute Gasteiger partial charge is 0.266 e. The number of carbonyl (C=O) groups is 1. The molecule has 0 radical (unpaired) electrons. The number of hydrogen-bond acceptors (Lipinski definition) is 3. The number of hydrogen-bond donors (Lipinski definition) is 1. The fraction of sp³-hybridized carbons (Fsp3) is 0.111. The molecule has 0 unspecified atom stereocenters. The highest BCUT2D eigenvalue weighted by Gasteiger charge is 2.12. The maximum absolute atomic E-state index is 13.3. The van der Waals surface area contributed by atoms with Gasteiger partial charge in [0.05, 0.1) is 16.8 Å². The number of anilines is 1. The molecule has 2 rings (SSSR count). The molecule has 0 fully saturated rings. The fourth-order valence-corrected chi connectivity index (χ4v) is 2.35. The molecule has 122 valence electrons. The summed E-state index contributed by atoms with van der Waals surface area (Å²) >= 11 is 3.07. The van der Waals surface area contributed by atoms with Crippen LogP contribution in [0.25, 0.3) is 6.08 Å². The van der Waals surface area contributed by atoms with Gasteiger partial charge in [0.1, 0.15) is 23.2 Å². The number of ether oxygens (including phenoxy) is 1. The van der Waals surface area contributed by atoms with E-state index in [1.54, 1.807) is 24.3 Å². The van der Waals surface area contributed by atoms with E-state index < -0.39 is 11.7 Å². The molecule has 4 nitrogen and oxygen atoms in total. The van der Waals surface area contributed by atoms with Crippen LogP contribution in [-0.4, -0.2) is 12.5 Å². The van der Waals surface area contributed by atoms with Gasteiger partial charge < -0.3 is 10.1 Å². The summed E-state index contributed by atoms with van der Waals surface area (Å²) in [5.41, 5.74) is 0.915. The lowest BCUT2D eigenvalue weighted by molar-refractivity contribution is -0.112. The molecule has 0 aliphatic rings. The normalized spacial score (nSPS) is 10.8. The predicted molar refractivity (Wildman–Crippen MR) is 93.9 cm³/mol. The van der Waals surface area contributed by atoms with Crippen LogP contribution in [0.3, 0.4) is 0 Å². The highest BCUT2D eigenvalue weighted by Crippen LogP contribution is 2.24. The van der Waals surface area contributed by atoms with E-state index in [1.165, 1.54) is 24.3 Å². The summed E-state index contributed by atoms with van der Waals surface area (Å²) in [6, 6.07) is 13.1. The molecule has 24 heavy (non-hydrogen) atoms. The van der Waals surface area contributed by atoms with Crippen molar-refractivity contribution in [1.29, 1.82) is 5.26 Å². The largest absolute Gasteiger partial charge is 0.492 e. The molecular weight excluding hydrogens is 375 g/mol. The van der Waals surface area contributed by atoms with E-state index in [-0.39, 0.29) is 10.0 Å². The summed E-state index contributed by atoms with van der Waals surface area (Å²) in [6.45, 7) is 2.29. The summed E-state index contributed by atoms with van der Waals surface area (Å²) in [7, 11) is 0. The predicted octanol–water partition coefficient (Wildman–Crippen LogP) is 4.53. The van der Waals surface area contributed by atoms with Gasteiger partial charge in [-0.1, -0.05) is 18.2 Å². The number of carbonyl (C=O) groups excluding carboxylic acids is 1. The van der Waals surface area contributed by atoms with Gasteiger partial charge in [-0.05, 0) is 58.8 Å². The fourth-order valence-electron chi connectivity index (χ4n) is 1.96. The summed E-state index contributed by atoms with van der Waals surface area (Å²) in [6.07, 6.45) is 1.39. The Morgan fingerprint density at radius 1 is 1.38 bits per heavy atom. The summed E-state index contributed by atoms with van der Waals surface area (Å²) < 4.78 is 18.9. The van der Waals surface area contributed by atoms with Gasteiger partial charge in [-0.2, -0.15) is 5.26 Å². The standard InChI is InChI=1S/C18H14BrFN2O2/c1-2-24-17-6-4-3-5-16(17)22-18(23)13(11-21)9-12-7-8-15(20)14(19)10-12/h3-10H,2H2,1H3,(H,22,23)/b13-9+. The Hall–Kier alpha value is -2.65. The van der Waals surface area contributed by atoms with Crippen molar-refractivity contribution in [2.45, 2.75) is 6.92 Å². The monoisotopic (exact) mass is 388 g/mol. The van der Waals surface area contributed by atoms with Crippen LogP contribution in [0.5, 0.6) is 5.75 Å². The van der Waals surface area contributed by atoms with Crippen molar-refractivity contribution in [3.8, 4) is 11.8 Å². The molecule has 0 aromatic heterocycles. The topological polar surface area (TPSA) is 62.1 Å². The Bertz CT molecular complexity index is 828. The van der Waals surface area contributed by atoms with Crippen molar-refractivity contribution in [2.24, 2.45) is 0 Å². The summed E-state index contributed by atoms with van der Waals surface area (Å²) in [4.78, 5) is 12.3. The van der Waals surface area contributed by atoms with Crippen LogP contribution < -0.4 is 10.1 Å². The summed E-state index contributed by atoms with van der Waals surface area (Å²) in [5.74, 6) is -0.457. The third kappa shape index (κ3) is 4.43. The van der Waals surface area contributed by atoms with E-state index in [0.29, 0.717) is 23.6 Å². The Balaban J connectivity index is 2.25. The number of benzene rings is 2. The molecule has 0 aliphatic carbocycles. The van der Waals surface area contributed by atoms with Gasteiger partial charge in [-0.15, -0.1) is 0 Å². The molecule has 0 bridgehead atoms. The van der Waals surface area contributed by atoms with E-state index in [4.69, 9.17) is 4.74 Å². The first kappa shape index (κ1) is 17.7. The van der Waals surface area contributed by atoms with Gasteiger partial charge in [0, 0.05) is 0 Å². The van der Waals surface area contributed by atoms with E-state index in [1.807, 2.05) is 13.0 Å². The van der Waals surface area contributed by atoms with E-state index in [2.05, 4.69) is 21.2 Å². The maximum Gasteiger partial charge on any atom is 0.266 e. The number of nitrogens with zero attached hydrogens (tertiary/aromatic N) is 1. The van der Waals surface area contributed by atoms with Gasteiger partial charge in [-0.3, -0.25) is 4.79 Å². The SMILES string of the molecule is CCOc1ccccc1NC(=O)/C(C#N)=C/c1ccc(F)c(Br)c1. The third-order valence-electron chi connectivity index (χ3n) is 3.05. The quantitative estimate of drug-likeness (QED) is 0.604. The number of para-hydroxylation sites is 2. The van der Waals surface area contributed by atoms with Gasteiger partial charge in [0.15, 0.2) is 0 Å². The Labute approximate surface area is 147 Å². The minimum Gasteiger partial charge on any atom is -0.492 e. The van der Waals surface area contributed by atoms with Crippen molar-refractivity contribution < 1.29 is 13.9 Å². The number of amides is 1. The maximum atomic E-state index is 13.3. The number of nitrogens with one attached hydrogen (secondary N) is 1. The molecule has 0 atom stereocenters. The minimum atomic E-state index is -0.565. The average molecular weight is 389 g/mol. The van der Waals surface area contributed by atoms with Crippen molar-refractivity contribution in [1.82, 2.24) is 0 Å². The second kappa shape index (κ2) is 8.27. The molecule has 0 saturated carbocycles. The highest BCUT2D eigenvalue weighted by molar-refractivity contribution is 9.10. The van der Waals surface area contributed by atoms with Crippen LogP contribution >= 0.6 is 15.9 Å². The summed E-state index contributed by atoms with van der Waals surface area (Å²) in [5, 5.41) is 11.9. The highest BCUT2D eigenvalue weighted by atomic mass is 79.9. The van der Waals surface area contributed by atoms with Gasteiger partial charge in [0.2, 0.25) is 0 Å². The van der Waals surface area contributed by atoms with Crippen LogP contribution in [0.2, 0.25) is 0 Å². The molecule has 6 heteroatoms. The first-order valence-corrected chi connectivity index (χ1v) is 7.94. The second-order valence-corrected chi connectivity index (χ2v) is 5.58. The molecule has 1 N–H and O–H groups in total. The second-order valence-electron chi connectivity index (χ2n) is 4.73. The molecule has 2 aromatic rings. The molecule has 1 amide bonds. The Morgan fingerprint density at radius 2 is 2.12 bits per heavy atom. The molecule has 0 aliphatic heterocycles. The van der Waals surface area contributed by atoms with E-state index in [0.717, 1.165) is 0 Å². The van der Waals surface area contributed by atoms with Crippen LogP contribution in [0, 0.1) is 17.1 Å². The lowest BCUT2D eigenvalue weighted by Crippen LogP contribution is -2.14. The third-order valence-corrected chi connectivity index (χ3v) is 3.66. The van der Waals surface area contributed by atoms with Crippen LogP contribution in [-0.2, 0) is 4.79 Å². The number of nitriles is 1. The average Bonchev–Trinajstić information content (AvgIpc) is 2.57. The number of halogens is 2. The molecule has 2 aromatic carbocycles. The first-order valence-electron chi connectivity index (χ1n) is 7.15. The lowest BCUT2D eigenvalue weighted by Gasteiger charge is -2.10. The van der Waals surface area contributed by atoms with Gasteiger partial charge >= 0.3 is 0 Å². The van der Waals surface area contributed by atoms with Crippen molar-refractivity contribution >= 4 is 33.6 Å². The number of rotatable bonds is 5. The van der Waals surface area contributed by atoms with Crippen molar-refractivity contribution in [2.75, 3.05) is 11.9 Å². The zero-order valence-corrected chi connectivity index (χ0v) is 14.4. The zero-order chi connectivity index (χ0) is 17.5. The van der Waals surface area contributed by atoms with Crippen molar-refractivity contribution in [3.05, 3.63) is 63.9 Å².